The molecule has 0 unspecified atom stereocenters. The number of H-pyrrole nitrogens is 1. The van der Waals surface area contributed by atoms with Crippen LogP contribution in [0.5, 0.6) is 0 Å². The van der Waals surface area contributed by atoms with E-state index in [1.54, 1.807) is 12.3 Å². The maximum Gasteiger partial charge on any atom is 0.223 e. The Labute approximate surface area is 202 Å². The third kappa shape index (κ3) is 5.03. The van der Waals surface area contributed by atoms with Crippen LogP contribution < -0.4 is 10.6 Å². The fourth-order valence-electron chi connectivity index (χ4n) is 4.08. The van der Waals surface area contributed by atoms with Crippen molar-refractivity contribution in [3.8, 4) is 22.6 Å². The predicted octanol–water partition coefficient (Wildman–Crippen LogP) is 5.92. The molecule has 5 rings (SSSR count). The first kappa shape index (κ1) is 21.9. The molecule has 4 aromatic rings. The third-order valence-electron chi connectivity index (χ3n) is 5.85. The van der Waals surface area contributed by atoms with E-state index in [-0.39, 0.29) is 0 Å². The zero-order valence-corrected chi connectivity index (χ0v) is 19.5. The monoisotopic (exact) mass is 478 g/mol. The first-order chi connectivity index (χ1) is 16.2. The molecule has 168 valence electrons. The lowest BCUT2D eigenvalue weighted by atomic mass is 9.98. The van der Waals surface area contributed by atoms with E-state index in [0.29, 0.717) is 28.5 Å². The highest BCUT2D eigenvalue weighted by molar-refractivity contribution is 6.42. The molecule has 0 spiro atoms. The smallest absolute Gasteiger partial charge is 0.223 e. The average molecular weight is 479 g/mol. The minimum atomic E-state index is 0.374. The minimum absolute atomic E-state index is 0.374. The molecule has 0 atom stereocenters. The number of hydrogen-bond donors (Lipinski definition) is 3. The third-order valence-corrected chi connectivity index (χ3v) is 6.59. The van der Waals surface area contributed by atoms with E-state index in [1.165, 1.54) is 0 Å². The molecule has 1 aliphatic rings. The van der Waals surface area contributed by atoms with E-state index in [4.69, 9.17) is 33.2 Å². The highest BCUT2D eigenvalue weighted by atomic mass is 35.5. The van der Waals surface area contributed by atoms with Gasteiger partial charge in [0.1, 0.15) is 5.82 Å². The molecule has 3 N–H and O–H groups in total. The van der Waals surface area contributed by atoms with Gasteiger partial charge >= 0.3 is 0 Å². The van der Waals surface area contributed by atoms with Crippen LogP contribution in [0.1, 0.15) is 30.1 Å². The van der Waals surface area contributed by atoms with Crippen LogP contribution in [-0.4, -0.2) is 33.0 Å². The molecule has 2 aromatic heterocycles. The highest BCUT2D eigenvalue weighted by Crippen LogP contribution is 2.35. The average Bonchev–Trinajstić information content (AvgIpc) is 3.31. The summed E-state index contributed by atoms with van der Waals surface area (Å²) >= 11 is 12.5. The molecule has 3 heterocycles. The van der Waals surface area contributed by atoms with Gasteiger partial charge < -0.3 is 15.6 Å². The first-order valence-corrected chi connectivity index (χ1v) is 11.8. The molecule has 8 heteroatoms. The van der Waals surface area contributed by atoms with Crippen LogP contribution in [0.2, 0.25) is 10.0 Å². The Morgan fingerprint density at radius 1 is 0.939 bits per heavy atom. The van der Waals surface area contributed by atoms with Gasteiger partial charge in [0.15, 0.2) is 0 Å². The van der Waals surface area contributed by atoms with Gasteiger partial charge in [-0.2, -0.15) is 0 Å². The molecule has 1 fully saturated rings. The van der Waals surface area contributed by atoms with E-state index in [9.17, 15) is 0 Å². The van der Waals surface area contributed by atoms with Crippen molar-refractivity contribution in [2.45, 2.75) is 25.3 Å². The molecule has 1 saturated heterocycles. The number of benzene rings is 2. The number of rotatable bonds is 6. The lowest BCUT2D eigenvalue weighted by Crippen LogP contribution is -2.27. The predicted molar refractivity (Wildman–Crippen MR) is 134 cm³/mol. The maximum absolute atomic E-state index is 6.33. The molecular weight excluding hydrogens is 455 g/mol. The fourth-order valence-corrected chi connectivity index (χ4v) is 4.38. The topological polar surface area (TPSA) is 78.5 Å². The molecule has 33 heavy (non-hydrogen) atoms. The summed E-state index contributed by atoms with van der Waals surface area (Å²) in [6, 6.07) is 17.7. The second-order valence-electron chi connectivity index (χ2n) is 8.10. The molecular formula is C25H24Cl2N6. The molecule has 0 bridgehead atoms. The van der Waals surface area contributed by atoms with E-state index < -0.39 is 0 Å². The van der Waals surface area contributed by atoms with E-state index in [2.05, 4.69) is 32.7 Å². The van der Waals surface area contributed by atoms with Crippen molar-refractivity contribution >= 4 is 29.2 Å². The van der Waals surface area contributed by atoms with Gasteiger partial charge in [0.2, 0.25) is 5.95 Å². The molecule has 6 nitrogen and oxygen atoms in total. The summed E-state index contributed by atoms with van der Waals surface area (Å²) < 4.78 is 0. The largest absolute Gasteiger partial charge is 0.350 e. The Morgan fingerprint density at radius 2 is 1.76 bits per heavy atom. The van der Waals surface area contributed by atoms with Crippen molar-refractivity contribution < 1.29 is 0 Å². The zero-order chi connectivity index (χ0) is 22.6. The van der Waals surface area contributed by atoms with Crippen LogP contribution in [0.4, 0.5) is 5.95 Å². The van der Waals surface area contributed by atoms with Gasteiger partial charge in [-0.3, -0.25) is 0 Å². The van der Waals surface area contributed by atoms with Gasteiger partial charge in [0, 0.05) is 24.2 Å². The van der Waals surface area contributed by atoms with Gasteiger partial charge in [-0.25, -0.2) is 15.0 Å². The Bertz CT molecular complexity index is 1230. The second-order valence-corrected chi connectivity index (χ2v) is 8.92. The van der Waals surface area contributed by atoms with Crippen LogP contribution >= 0.6 is 23.2 Å². The van der Waals surface area contributed by atoms with Gasteiger partial charge in [0.05, 0.1) is 27.1 Å². The van der Waals surface area contributed by atoms with E-state index in [1.807, 2.05) is 36.4 Å². The number of nitrogens with zero attached hydrogens (tertiary/aromatic N) is 3. The van der Waals surface area contributed by atoms with Crippen molar-refractivity contribution in [2.24, 2.45) is 0 Å². The Hall–Kier alpha value is -2.93. The zero-order valence-electron chi connectivity index (χ0n) is 18.0. The number of imidazole rings is 1. The van der Waals surface area contributed by atoms with Crippen molar-refractivity contribution in [1.29, 1.82) is 0 Å². The number of aromatic amines is 1. The number of nitrogens with one attached hydrogen (secondary N) is 3. The standard InChI is InChI=1S/C25H24Cl2N6/c26-19-7-6-18(14-20(19)27)22-23(33-24(32-22)17-8-11-28-12-9-17)21-10-13-29-25(31-21)30-15-16-4-2-1-3-5-16/h1-7,10,13-14,17,28H,8-9,11-12,15H2,(H,32,33)(H,29,30,31). The Kier molecular flexibility index (Phi) is 6.58. The Morgan fingerprint density at radius 3 is 2.55 bits per heavy atom. The van der Waals surface area contributed by atoms with Gasteiger partial charge in [-0.15, -0.1) is 0 Å². The van der Waals surface area contributed by atoms with Crippen molar-refractivity contribution in [2.75, 3.05) is 18.4 Å². The summed E-state index contributed by atoms with van der Waals surface area (Å²) in [5.74, 6) is 1.92. The molecule has 2 aromatic carbocycles. The maximum atomic E-state index is 6.33. The van der Waals surface area contributed by atoms with Crippen LogP contribution in [0.25, 0.3) is 22.6 Å². The van der Waals surface area contributed by atoms with Crippen LogP contribution in [0.3, 0.4) is 0 Å². The first-order valence-electron chi connectivity index (χ1n) is 11.0. The lowest BCUT2D eigenvalue weighted by molar-refractivity contribution is 0.447. The number of hydrogen-bond acceptors (Lipinski definition) is 5. The number of aromatic nitrogens is 4. The van der Waals surface area contributed by atoms with Gasteiger partial charge in [0.25, 0.3) is 0 Å². The molecule has 0 aliphatic carbocycles. The van der Waals surface area contributed by atoms with Gasteiger partial charge in [-0.1, -0.05) is 59.6 Å². The van der Waals surface area contributed by atoms with Gasteiger partial charge in [-0.05, 0) is 49.7 Å². The summed E-state index contributed by atoms with van der Waals surface area (Å²) in [4.78, 5) is 17.8. The van der Waals surface area contributed by atoms with Crippen molar-refractivity contribution in [3.63, 3.8) is 0 Å². The molecule has 0 radical (unpaired) electrons. The number of anilines is 1. The molecule has 0 saturated carbocycles. The quantitative estimate of drug-likeness (QED) is 0.320. The number of piperidine rings is 1. The Balaban J connectivity index is 1.50. The molecule has 0 amide bonds. The van der Waals surface area contributed by atoms with E-state index in [0.717, 1.165) is 60.0 Å². The lowest BCUT2D eigenvalue weighted by Gasteiger charge is -2.20. The fraction of sp³-hybridized carbons (Fsp3) is 0.240. The summed E-state index contributed by atoms with van der Waals surface area (Å²) in [6.07, 6.45) is 3.85. The van der Waals surface area contributed by atoms with Crippen LogP contribution in [0.15, 0.2) is 60.8 Å². The van der Waals surface area contributed by atoms with Crippen molar-refractivity contribution in [3.05, 3.63) is 82.2 Å². The minimum Gasteiger partial charge on any atom is -0.350 e. The summed E-state index contributed by atoms with van der Waals surface area (Å²) in [6.45, 7) is 2.63. The van der Waals surface area contributed by atoms with Crippen molar-refractivity contribution in [1.82, 2.24) is 25.3 Å². The normalized spacial score (nSPS) is 14.4. The highest BCUT2D eigenvalue weighted by Gasteiger charge is 2.23. The summed E-state index contributed by atoms with van der Waals surface area (Å²) in [7, 11) is 0. The number of halogens is 2. The van der Waals surface area contributed by atoms with Crippen LogP contribution in [0, 0.1) is 0 Å². The summed E-state index contributed by atoms with van der Waals surface area (Å²) in [5.41, 5.74) is 4.50. The molecule has 1 aliphatic heterocycles. The van der Waals surface area contributed by atoms with E-state index >= 15 is 0 Å². The summed E-state index contributed by atoms with van der Waals surface area (Å²) in [5, 5.41) is 7.75. The SMILES string of the molecule is Clc1ccc(-c2nc(C3CCNCC3)[nH]c2-c2ccnc(NCc3ccccc3)n2)cc1Cl. The second kappa shape index (κ2) is 9.91. The van der Waals surface area contributed by atoms with Crippen LogP contribution in [-0.2, 0) is 6.54 Å².